The van der Waals surface area contributed by atoms with Crippen LogP contribution in [0.3, 0.4) is 0 Å². The van der Waals surface area contributed by atoms with Crippen molar-refractivity contribution in [1.29, 1.82) is 5.26 Å². The second-order valence-electron chi connectivity index (χ2n) is 6.03. The smallest absolute Gasteiger partial charge is 0.288 e. The van der Waals surface area contributed by atoms with Crippen molar-refractivity contribution in [3.8, 4) is 6.07 Å². The summed E-state index contributed by atoms with van der Waals surface area (Å²) in [5.41, 5.74) is 7.14. The first-order chi connectivity index (χ1) is 12.4. The van der Waals surface area contributed by atoms with E-state index in [1.54, 1.807) is 12.1 Å². The zero-order valence-corrected chi connectivity index (χ0v) is 14.4. The maximum Gasteiger partial charge on any atom is 0.288 e. The molecule has 0 spiro atoms. The van der Waals surface area contributed by atoms with E-state index < -0.39 is 5.54 Å². The highest BCUT2D eigenvalue weighted by molar-refractivity contribution is 6.02. The standard InChI is InChI=1S/C19H17N5O2/c1-12-9-19(2,24-18(21)26-12)14-4-3-5-15(8-14)23-17(25)16-7-6-13(10-20)11-22-16/h3-9,11H,1-2H3,(H2,21,24)(H,23,25)/t19-/m0/s1. The Kier molecular flexibility index (Phi) is 4.42. The molecule has 0 unspecified atom stereocenters. The molecule has 1 aliphatic heterocycles. The van der Waals surface area contributed by atoms with Gasteiger partial charge in [0.2, 0.25) is 0 Å². The average Bonchev–Trinajstić information content (AvgIpc) is 2.61. The number of anilines is 1. The Bertz CT molecular complexity index is 937. The van der Waals surface area contributed by atoms with Gasteiger partial charge >= 0.3 is 0 Å². The van der Waals surface area contributed by atoms with Crippen LogP contribution in [-0.4, -0.2) is 16.9 Å². The molecule has 2 heterocycles. The molecule has 1 amide bonds. The molecule has 0 saturated heterocycles. The Labute approximate surface area is 150 Å². The second-order valence-corrected chi connectivity index (χ2v) is 6.03. The van der Waals surface area contributed by atoms with Gasteiger partial charge in [-0.25, -0.2) is 9.98 Å². The summed E-state index contributed by atoms with van der Waals surface area (Å²) in [6, 6.07) is 12.5. The number of nitrogens with zero attached hydrogens (tertiary/aromatic N) is 3. The van der Waals surface area contributed by atoms with Crippen molar-refractivity contribution in [2.45, 2.75) is 19.4 Å². The minimum absolute atomic E-state index is 0.101. The number of carbonyl (C=O) groups excluding carboxylic acids is 1. The minimum Gasteiger partial charge on any atom is -0.431 e. The molecule has 1 aliphatic rings. The van der Waals surface area contributed by atoms with Gasteiger partial charge in [0.15, 0.2) is 0 Å². The van der Waals surface area contributed by atoms with Gasteiger partial charge in [-0.2, -0.15) is 5.26 Å². The maximum atomic E-state index is 12.3. The molecule has 26 heavy (non-hydrogen) atoms. The topological polar surface area (TPSA) is 113 Å². The molecule has 3 rings (SSSR count). The first-order valence-electron chi connectivity index (χ1n) is 7.90. The van der Waals surface area contributed by atoms with Crippen LogP contribution in [0.2, 0.25) is 0 Å². The molecular weight excluding hydrogens is 330 g/mol. The van der Waals surface area contributed by atoms with Crippen molar-refractivity contribution >= 4 is 17.6 Å². The number of allylic oxidation sites excluding steroid dienone is 1. The van der Waals surface area contributed by atoms with E-state index in [4.69, 9.17) is 15.7 Å². The number of hydrogen-bond donors (Lipinski definition) is 2. The molecule has 0 saturated carbocycles. The zero-order valence-electron chi connectivity index (χ0n) is 14.4. The molecule has 3 N–H and O–H groups in total. The molecule has 1 aromatic heterocycles. The van der Waals surface area contributed by atoms with Gasteiger partial charge in [-0.3, -0.25) is 4.79 Å². The summed E-state index contributed by atoms with van der Waals surface area (Å²) in [6.45, 7) is 3.72. The molecule has 0 bridgehead atoms. The molecule has 2 aromatic rings. The van der Waals surface area contributed by atoms with Gasteiger partial charge in [0.05, 0.1) is 5.56 Å². The van der Waals surface area contributed by atoms with Gasteiger partial charge in [0.1, 0.15) is 23.1 Å². The number of amides is 1. The summed E-state index contributed by atoms with van der Waals surface area (Å²) < 4.78 is 5.26. The van der Waals surface area contributed by atoms with Gasteiger partial charge in [0, 0.05) is 11.9 Å². The molecular formula is C19H17N5O2. The van der Waals surface area contributed by atoms with E-state index in [2.05, 4.69) is 15.3 Å². The maximum absolute atomic E-state index is 12.3. The Morgan fingerprint density at radius 2 is 2.15 bits per heavy atom. The van der Waals surface area contributed by atoms with Gasteiger partial charge in [-0.05, 0) is 49.8 Å². The monoisotopic (exact) mass is 347 g/mol. The lowest BCUT2D eigenvalue weighted by Crippen LogP contribution is -2.29. The van der Waals surface area contributed by atoms with E-state index >= 15 is 0 Å². The lowest BCUT2D eigenvalue weighted by atomic mass is 9.91. The Morgan fingerprint density at radius 1 is 1.35 bits per heavy atom. The molecule has 7 nitrogen and oxygen atoms in total. The number of hydrogen-bond acceptors (Lipinski definition) is 6. The fraction of sp³-hybridized carbons (Fsp3) is 0.158. The third kappa shape index (κ3) is 3.54. The third-order valence-electron chi connectivity index (χ3n) is 3.92. The van der Waals surface area contributed by atoms with Crippen molar-refractivity contribution in [1.82, 2.24) is 4.98 Å². The van der Waals surface area contributed by atoms with E-state index in [-0.39, 0.29) is 17.6 Å². The van der Waals surface area contributed by atoms with Crippen LogP contribution in [0.15, 0.2) is 59.4 Å². The van der Waals surface area contributed by atoms with E-state index in [1.807, 2.05) is 44.2 Å². The number of aromatic nitrogens is 1. The predicted octanol–water partition coefficient (Wildman–Crippen LogP) is 2.67. The fourth-order valence-electron chi connectivity index (χ4n) is 2.72. The summed E-state index contributed by atoms with van der Waals surface area (Å²) in [6.07, 6.45) is 3.23. The van der Waals surface area contributed by atoms with E-state index in [0.29, 0.717) is 17.0 Å². The largest absolute Gasteiger partial charge is 0.431 e. The Balaban J connectivity index is 1.84. The van der Waals surface area contributed by atoms with Gasteiger partial charge < -0.3 is 15.8 Å². The van der Waals surface area contributed by atoms with Crippen molar-refractivity contribution in [3.63, 3.8) is 0 Å². The molecule has 1 atom stereocenters. The molecule has 0 aliphatic carbocycles. The number of aliphatic imine (C=N–C) groups is 1. The summed E-state index contributed by atoms with van der Waals surface area (Å²) in [7, 11) is 0. The van der Waals surface area contributed by atoms with Crippen molar-refractivity contribution in [2.75, 3.05) is 5.32 Å². The molecule has 130 valence electrons. The fourth-order valence-corrected chi connectivity index (χ4v) is 2.72. The van der Waals surface area contributed by atoms with Crippen LogP contribution in [0.4, 0.5) is 5.69 Å². The highest BCUT2D eigenvalue weighted by atomic mass is 16.5. The molecule has 0 fully saturated rings. The number of carbonyl (C=O) groups is 1. The van der Waals surface area contributed by atoms with Crippen LogP contribution in [0.1, 0.15) is 35.5 Å². The molecule has 1 aromatic carbocycles. The first kappa shape index (κ1) is 17.2. The molecule has 7 heteroatoms. The average molecular weight is 347 g/mol. The SMILES string of the molecule is CC1=C[C@@](C)(c2cccc(NC(=O)c3ccc(C#N)cn3)c2)N=C(N)O1. The van der Waals surface area contributed by atoms with Crippen molar-refractivity contribution in [2.24, 2.45) is 10.7 Å². The quantitative estimate of drug-likeness (QED) is 0.886. The zero-order chi connectivity index (χ0) is 18.7. The second kappa shape index (κ2) is 6.69. The van der Waals surface area contributed by atoms with Crippen LogP contribution < -0.4 is 11.1 Å². The lowest BCUT2D eigenvalue weighted by Gasteiger charge is -2.27. The normalized spacial score (nSPS) is 18.8. The minimum atomic E-state index is -0.681. The summed E-state index contributed by atoms with van der Waals surface area (Å²) in [5.74, 6) is 0.301. The number of nitrogens with one attached hydrogen (secondary N) is 1. The number of pyridine rings is 1. The summed E-state index contributed by atoms with van der Waals surface area (Å²) >= 11 is 0. The van der Waals surface area contributed by atoms with Crippen LogP contribution >= 0.6 is 0 Å². The van der Waals surface area contributed by atoms with Crippen LogP contribution in [0, 0.1) is 11.3 Å². The number of amidine groups is 1. The third-order valence-corrected chi connectivity index (χ3v) is 3.92. The number of rotatable bonds is 3. The van der Waals surface area contributed by atoms with Crippen molar-refractivity contribution in [3.05, 3.63) is 71.3 Å². The van der Waals surface area contributed by atoms with E-state index in [0.717, 1.165) is 5.56 Å². The van der Waals surface area contributed by atoms with Gasteiger partial charge in [0.25, 0.3) is 11.9 Å². The lowest BCUT2D eigenvalue weighted by molar-refractivity contribution is 0.102. The number of benzene rings is 1. The van der Waals surface area contributed by atoms with Crippen molar-refractivity contribution < 1.29 is 9.53 Å². The van der Waals surface area contributed by atoms with E-state index in [9.17, 15) is 4.79 Å². The van der Waals surface area contributed by atoms with Crippen LogP contribution in [0.25, 0.3) is 0 Å². The van der Waals surface area contributed by atoms with E-state index in [1.165, 1.54) is 12.3 Å². The number of ether oxygens (including phenoxy) is 1. The summed E-state index contributed by atoms with van der Waals surface area (Å²) in [4.78, 5) is 20.7. The highest BCUT2D eigenvalue weighted by Gasteiger charge is 2.28. The predicted molar refractivity (Wildman–Crippen MR) is 97.2 cm³/mol. The van der Waals surface area contributed by atoms with Gasteiger partial charge in [-0.1, -0.05) is 12.1 Å². The summed E-state index contributed by atoms with van der Waals surface area (Å²) in [5, 5.41) is 11.6. The number of nitriles is 1. The highest BCUT2D eigenvalue weighted by Crippen LogP contribution is 2.32. The number of nitrogens with two attached hydrogens (primary N) is 1. The Hall–Kier alpha value is -3.66. The molecule has 0 radical (unpaired) electrons. The first-order valence-corrected chi connectivity index (χ1v) is 7.90. The van der Waals surface area contributed by atoms with Crippen LogP contribution in [0.5, 0.6) is 0 Å². The van der Waals surface area contributed by atoms with Crippen LogP contribution in [-0.2, 0) is 10.3 Å². The van der Waals surface area contributed by atoms with Gasteiger partial charge in [-0.15, -0.1) is 0 Å². The Morgan fingerprint density at radius 3 is 2.81 bits per heavy atom.